The number of hydrogen-bond acceptors (Lipinski definition) is 5. The Bertz CT molecular complexity index is 1300. The van der Waals surface area contributed by atoms with E-state index in [-0.39, 0.29) is 4.90 Å². The molecule has 2 aromatic heterocycles. The molecule has 0 spiro atoms. The van der Waals surface area contributed by atoms with Crippen molar-refractivity contribution in [2.45, 2.75) is 23.8 Å². The van der Waals surface area contributed by atoms with Crippen molar-refractivity contribution >= 4 is 37.1 Å². The molecule has 0 saturated carbocycles. The zero-order valence-corrected chi connectivity index (χ0v) is 18.3. The predicted molar refractivity (Wildman–Crippen MR) is 117 cm³/mol. The summed E-state index contributed by atoms with van der Waals surface area (Å²) in [5, 5.41) is 0. The van der Waals surface area contributed by atoms with Gasteiger partial charge in [-0.3, -0.25) is 4.98 Å². The first kappa shape index (κ1) is 19.4. The lowest BCUT2D eigenvalue weighted by Gasteiger charge is -2.21. The SMILES string of the molecule is O=S(=O)(c1ccc(Br)cc1)N1CCC[C@H]1c1nc2cc(-c3cccnc3)ccc2o1. The van der Waals surface area contributed by atoms with Gasteiger partial charge in [0.1, 0.15) is 11.6 Å². The Balaban J connectivity index is 1.50. The number of rotatable bonds is 4. The van der Waals surface area contributed by atoms with Crippen LogP contribution >= 0.6 is 15.9 Å². The van der Waals surface area contributed by atoms with Gasteiger partial charge in [-0.15, -0.1) is 0 Å². The Kier molecular flexibility index (Phi) is 4.92. The summed E-state index contributed by atoms with van der Waals surface area (Å²) in [6.45, 7) is 0.447. The van der Waals surface area contributed by atoms with Crippen molar-refractivity contribution in [2.75, 3.05) is 6.54 Å². The van der Waals surface area contributed by atoms with Crippen LogP contribution in [0.2, 0.25) is 0 Å². The molecule has 5 rings (SSSR count). The van der Waals surface area contributed by atoms with Gasteiger partial charge in [0.25, 0.3) is 0 Å². The molecule has 0 unspecified atom stereocenters. The highest BCUT2D eigenvalue weighted by Crippen LogP contribution is 2.38. The second-order valence-electron chi connectivity index (χ2n) is 7.20. The molecule has 8 heteroatoms. The molecule has 1 saturated heterocycles. The maximum atomic E-state index is 13.2. The number of pyridine rings is 1. The Hall–Kier alpha value is -2.55. The van der Waals surface area contributed by atoms with Crippen LogP contribution in [0.1, 0.15) is 24.8 Å². The van der Waals surface area contributed by atoms with Crippen molar-refractivity contribution in [3.8, 4) is 11.1 Å². The van der Waals surface area contributed by atoms with Gasteiger partial charge in [-0.05, 0) is 60.9 Å². The smallest absolute Gasteiger partial charge is 0.243 e. The van der Waals surface area contributed by atoms with Crippen LogP contribution in [0.4, 0.5) is 0 Å². The first-order valence-corrected chi connectivity index (χ1v) is 11.8. The third-order valence-corrected chi connectivity index (χ3v) is 7.76. The molecule has 0 bridgehead atoms. The minimum Gasteiger partial charge on any atom is -0.439 e. The van der Waals surface area contributed by atoms with Crippen LogP contribution in [-0.4, -0.2) is 29.2 Å². The normalized spacial score (nSPS) is 17.6. The van der Waals surface area contributed by atoms with Gasteiger partial charge >= 0.3 is 0 Å². The number of sulfonamides is 1. The number of hydrogen-bond donors (Lipinski definition) is 0. The lowest BCUT2D eigenvalue weighted by atomic mass is 10.1. The third-order valence-electron chi connectivity index (χ3n) is 5.31. The molecule has 0 N–H and O–H groups in total. The largest absolute Gasteiger partial charge is 0.439 e. The van der Waals surface area contributed by atoms with Crippen molar-refractivity contribution in [3.63, 3.8) is 0 Å². The summed E-state index contributed by atoms with van der Waals surface area (Å²) in [6, 6.07) is 15.9. The van der Waals surface area contributed by atoms with E-state index in [0.29, 0.717) is 30.0 Å². The van der Waals surface area contributed by atoms with Gasteiger partial charge < -0.3 is 4.42 Å². The van der Waals surface area contributed by atoms with E-state index in [4.69, 9.17) is 4.42 Å². The monoisotopic (exact) mass is 483 g/mol. The fraction of sp³-hybridized carbons (Fsp3) is 0.182. The second kappa shape index (κ2) is 7.61. The zero-order valence-electron chi connectivity index (χ0n) is 15.9. The maximum absolute atomic E-state index is 13.2. The Morgan fingerprint density at radius 2 is 1.90 bits per heavy atom. The highest BCUT2D eigenvalue weighted by molar-refractivity contribution is 9.10. The minimum atomic E-state index is -3.64. The van der Waals surface area contributed by atoms with E-state index in [2.05, 4.69) is 25.9 Å². The van der Waals surface area contributed by atoms with Crippen molar-refractivity contribution in [1.29, 1.82) is 0 Å². The fourth-order valence-corrected chi connectivity index (χ4v) is 5.73. The van der Waals surface area contributed by atoms with E-state index in [9.17, 15) is 8.42 Å². The van der Waals surface area contributed by atoms with Gasteiger partial charge in [-0.25, -0.2) is 13.4 Å². The lowest BCUT2D eigenvalue weighted by Crippen LogP contribution is -2.30. The summed E-state index contributed by atoms with van der Waals surface area (Å²) in [7, 11) is -3.64. The van der Waals surface area contributed by atoms with Crippen LogP contribution in [0.5, 0.6) is 0 Å². The van der Waals surface area contributed by atoms with Crippen LogP contribution < -0.4 is 0 Å². The van der Waals surface area contributed by atoms with Crippen molar-refractivity contribution in [1.82, 2.24) is 14.3 Å². The van der Waals surface area contributed by atoms with Crippen LogP contribution in [0.25, 0.3) is 22.2 Å². The number of nitrogens with zero attached hydrogens (tertiary/aromatic N) is 3. The second-order valence-corrected chi connectivity index (χ2v) is 10.0. The highest BCUT2D eigenvalue weighted by Gasteiger charge is 2.39. The van der Waals surface area contributed by atoms with E-state index in [1.54, 1.807) is 36.7 Å². The Morgan fingerprint density at radius 1 is 1.07 bits per heavy atom. The van der Waals surface area contributed by atoms with Crippen LogP contribution in [-0.2, 0) is 10.0 Å². The summed E-state index contributed by atoms with van der Waals surface area (Å²) >= 11 is 3.35. The van der Waals surface area contributed by atoms with Gasteiger partial charge in [0.2, 0.25) is 15.9 Å². The molecule has 1 fully saturated rings. The number of aromatic nitrogens is 2. The average molecular weight is 484 g/mol. The quantitative estimate of drug-likeness (QED) is 0.399. The summed E-state index contributed by atoms with van der Waals surface area (Å²) in [4.78, 5) is 9.08. The molecular weight excluding hydrogens is 466 g/mol. The van der Waals surface area contributed by atoms with Gasteiger partial charge in [-0.2, -0.15) is 4.31 Å². The molecule has 4 aromatic rings. The average Bonchev–Trinajstić information content (AvgIpc) is 3.41. The first-order valence-electron chi connectivity index (χ1n) is 9.61. The molecule has 3 heterocycles. The van der Waals surface area contributed by atoms with Gasteiger partial charge in [0, 0.05) is 29.0 Å². The number of halogens is 1. The standard InChI is InChI=1S/C22H18BrN3O3S/c23-17-6-8-18(9-7-17)30(27,28)26-12-2-4-20(26)22-25-19-13-15(5-10-21(19)29-22)16-3-1-11-24-14-16/h1,3,5-11,13-14,20H,2,4,12H2/t20-/m0/s1. The molecule has 152 valence electrons. The van der Waals surface area contributed by atoms with Crippen molar-refractivity contribution < 1.29 is 12.8 Å². The highest BCUT2D eigenvalue weighted by atomic mass is 79.9. The minimum absolute atomic E-state index is 0.271. The van der Waals surface area contributed by atoms with E-state index in [0.717, 1.165) is 22.0 Å². The fourth-order valence-electron chi connectivity index (χ4n) is 3.82. The maximum Gasteiger partial charge on any atom is 0.243 e. The first-order chi connectivity index (χ1) is 14.5. The van der Waals surface area contributed by atoms with Crippen LogP contribution in [0, 0.1) is 0 Å². The molecule has 0 radical (unpaired) electrons. The lowest BCUT2D eigenvalue weighted by molar-refractivity contribution is 0.337. The summed E-state index contributed by atoms with van der Waals surface area (Å²) < 4.78 is 34.8. The molecule has 1 atom stereocenters. The molecule has 0 aliphatic carbocycles. The molecule has 0 amide bonds. The molecule has 6 nitrogen and oxygen atoms in total. The zero-order chi connectivity index (χ0) is 20.7. The van der Waals surface area contributed by atoms with E-state index in [1.807, 2.05) is 30.3 Å². The van der Waals surface area contributed by atoms with Crippen LogP contribution in [0.15, 0.2) is 80.8 Å². The number of fused-ring (bicyclic) bond motifs is 1. The Labute approximate surface area is 182 Å². The molecule has 1 aliphatic rings. The summed E-state index contributed by atoms with van der Waals surface area (Å²) in [6.07, 6.45) is 4.97. The van der Waals surface area contributed by atoms with Crippen LogP contribution in [0.3, 0.4) is 0 Å². The number of oxazole rings is 1. The number of benzene rings is 2. The predicted octanol–water partition coefficient (Wildman–Crippen LogP) is 5.18. The van der Waals surface area contributed by atoms with E-state index >= 15 is 0 Å². The summed E-state index contributed by atoms with van der Waals surface area (Å²) in [5.41, 5.74) is 3.33. The van der Waals surface area contributed by atoms with E-state index < -0.39 is 16.1 Å². The van der Waals surface area contributed by atoms with E-state index in [1.165, 1.54) is 4.31 Å². The molecule has 1 aliphatic heterocycles. The third kappa shape index (κ3) is 3.45. The van der Waals surface area contributed by atoms with Gasteiger partial charge in [-0.1, -0.05) is 28.1 Å². The van der Waals surface area contributed by atoms with Gasteiger partial charge in [0.05, 0.1) is 4.90 Å². The Morgan fingerprint density at radius 3 is 2.67 bits per heavy atom. The van der Waals surface area contributed by atoms with Crippen molar-refractivity contribution in [2.24, 2.45) is 0 Å². The summed E-state index contributed by atoms with van der Waals surface area (Å²) in [5.74, 6) is 0.437. The van der Waals surface area contributed by atoms with Crippen molar-refractivity contribution in [3.05, 3.63) is 77.4 Å². The molecular formula is C22H18BrN3O3S. The topological polar surface area (TPSA) is 76.3 Å². The molecule has 30 heavy (non-hydrogen) atoms. The molecule has 2 aromatic carbocycles. The van der Waals surface area contributed by atoms with Gasteiger partial charge in [0.15, 0.2) is 5.58 Å².